The zero-order chi connectivity index (χ0) is 30.7. The number of benzene rings is 1. The highest BCUT2D eigenvalue weighted by Crippen LogP contribution is 2.39. The molecule has 2 fully saturated rings. The number of thiazole rings is 1. The third-order valence-electron chi connectivity index (χ3n) is 8.02. The summed E-state index contributed by atoms with van der Waals surface area (Å²) in [7, 11) is 1.31. The highest BCUT2D eigenvalue weighted by Gasteiger charge is 2.33. The molecule has 2 saturated heterocycles. The quantitative estimate of drug-likeness (QED) is 0.318. The van der Waals surface area contributed by atoms with Gasteiger partial charge in [0.15, 0.2) is 5.13 Å². The second-order valence-corrected chi connectivity index (χ2v) is 11.8. The zero-order valence-electron chi connectivity index (χ0n) is 23.9. The predicted octanol–water partition coefficient (Wildman–Crippen LogP) is 5.56. The molecule has 230 valence electrons. The van der Waals surface area contributed by atoms with Gasteiger partial charge >= 0.3 is 12.1 Å². The Labute approximate surface area is 250 Å². The number of halogens is 3. The van der Waals surface area contributed by atoms with Gasteiger partial charge in [0.25, 0.3) is 5.91 Å². The molecule has 43 heavy (non-hydrogen) atoms. The van der Waals surface area contributed by atoms with E-state index in [1.165, 1.54) is 36.9 Å². The van der Waals surface area contributed by atoms with E-state index in [9.17, 15) is 27.9 Å². The average Bonchev–Trinajstić information content (AvgIpc) is 3.63. The number of rotatable bonds is 9. The summed E-state index contributed by atoms with van der Waals surface area (Å²) in [6.07, 6.45) is 2.30. The highest BCUT2D eigenvalue weighted by molar-refractivity contribution is 7.16. The molecule has 2 aromatic heterocycles. The van der Waals surface area contributed by atoms with E-state index in [0.29, 0.717) is 50.0 Å². The summed E-state index contributed by atoms with van der Waals surface area (Å²) in [5.41, 5.74) is -0.186. The Kier molecular flexibility index (Phi) is 9.16. The number of carboxylic acid groups (broad SMARTS) is 1. The van der Waals surface area contributed by atoms with Gasteiger partial charge in [0.2, 0.25) is 0 Å². The average molecular weight is 619 g/mol. The monoisotopic (exact) mass is 618 g/mol. The summed E-state index contributed by atoms with van der Waals surface area (Å²) in [4.78, 5) is 42.5. The standard InChI is InChI=1S/C29H33F3N6O4S/c1-3-20-5-4-8-38(20)16-23-25(18-11-19(29(30,31)32)13-21(12-18)42-2)35-28(43-23)36-26(39)22-14-34-24(15-33-22)37-9-6-17(7-10-37)27(40)41/h11-15,17,20H,3-10,16H2,1-2H3,(H,40,41)(H,35,36,39)/t20-/m1/s1. The van der Waals surface area contributed by atoms with E-state index in [1.54, 1.807) is 0 Å². The maximum Gasteiger partial charge on any atom is 0.416 e. The largest absolute Gasteiger partial charge is 0.497 e. The fourth-order valence-corrected chi connectivity index (χ4v) is 6.63. The summed E-state index contributed by atoms with van der Waals surface area (Å²) in [6.45, 7) is 4.53. The van der Waals surface area contributed by atoms with Crippen LogP contribution in [0.2, 0.25) is 0 Å². The van der Waals surface area contributed by atoms with Crippen molar-refractivity contribution >= 4 is 34.2 Å². The van der Waals surface area contributed by atoms with Crippen molar-refractivity contribution in [2.24, 2.45) is 5.92 Å². The number of hydrogen-bond donors (Lipinski definition) is 2. The van der Waals surface area contributed by atoms with Crippen LogP contribution in [0.5, 0.6) is 5.75 Å². The Morgan fingerprint density at radius 2 is 1.88 bits per heavy atom. The van der Waals surface area contributed by atoms with Crippen molar-refractivity contribution in [1.82, 2.24) is 19.9 Å². The van der Waals surface area contributed by atoms with Gasteiger partial charge in [-0.05, 0) is 56.8 Å². The minimum atomic E-state index is -4.57. The first-order valence-corrected chi connectivity index (χ1v) is 15.0. The molecule has 10 nitrogen and oxygen atoms in total. The number of carboxylic acids is 1. The summed E-state index contributed by atoms with van der Waals surface area (Å²) < 4.78 is 46.3. The Balaban J connectivity index is 1.38. The summed E-state index contributed by atoms with van der Waals surface area (Å²) in [5.74, 6) is -1.12. The molecule has 0 aliphatic carbocycles. The fourth-order valence-electron chi connectivity index (χ4n) is 5.62. The molecule has 2 N–H and O–H groups in total. The molecule has 0 saturated carbocycles. The molecule has 0 bridgehead atoms. The van der Waals surface area contributed by atoms with Gasteiger partial charge in [-0.25, -0.2) is 15.0 Å². The minimum absolute atomic E-state index is 0.0498. The van der Waals surface area contributed by atoms with Crippen LogP contribution in [0.1, 0.15) is 60.0 Å². The first-order chi connectivity index (χ1) is 20.5. The number of methoxy groups -OCH3 is 1. The number of likely N-dealkylation sites (tertiary alicyclic amines) is 1. The van der Waals surface area contributed by atoms with E-state index in [4.69, 9.17) is 4.74 Å². The van der Waals surface area contributed by atoms with Gasteiger partial charge in [0, 0.05) is 36.1 Å². The number of hydrogen-bond acceptors (Lipinski definition) is 9. The van der Waals surface area contributed by atoms with Gasteiger partial charge in [-0.3, -0.25) is 19.8 Å². The smallest absolute Gasteiger partial charge is 0.416 e. The Hall–Kier alpha value is -3.78. The molecule has 14 heteroatoms. The number of anilines is 2. The molecule has 1 atom stereocenters. The molecule has 2 aliphatic rings. The second kappa shape index (κ2) is 12.8. The van der Waals surface area contributed by atoms with E-state index >= 15 is 0 Å². The van der Waals surface area contributed by atoms with Crippen LogP contribution in [0.4, 0.5) is 24.1 Å². The molecule has 3 aromatic rings. The number of nitrogens with zero attached hydrogens (tertiary/aromatic N) is 5. The molecule has 4 heterocycles. The van der Waals surface area contributed by atoms with Crippen LogP contribution in [0.15, 0.2) is 30.6 Å². The van der Waals surface area contributed by atoms with Crippen LogP contribution < -0.4 is 15.0 Å². The Morgan fingerprint density at radius 1 is 1.12 bits per heavy atom. The van der Waals surface area contributed by atoms with Gasteiger partial charge in [0.1, 0.15) is 17.3 Å². The number of piperidine rings is 1. The maximum absolute atomic E-state index is 13.7. The number of aromatic nitrogens is 3. The van der Waals surface area contributed by atoms with E-state index in [-0.39, 0.29) is 28.1 Å². The Bertz CT molecular complexity index is 1460. The number of amides is 1. The lowest BCUT2D eigenvalue weighted by molar-refractivity contribution is -0.142. The molecule has 0 unspecified atom stereocenters. The minimum Gasteiger partial charge on any atom is -0.497 e. The molecular formula is C29H33F3N6O4S. The van der Waals surface area contributed by atoms with Crippen LogP contribution in [-0.4, -0.2) is 69.6 Å². The lowest BCUT2D eigenvalue weighted by Crippen LogP contribution is -2.36. The molecule has 1 aromatic carbocycles. The van der Waals surface area contributed by atoms with Crippen LogP contribution >= 0.6 is 11.3 Å². The van der Waals surface area contributed by atoms with Crippen molar-refractivity contribution in [3.63, 3.8) is 0 Å². The van der Waals surface area contributed by atoms with E-state index in [2.05, 4.69) is 32.1 Å². The third-order valence-corrected chi connectivity index (χ3v) is 8.97. The van der Waals surface area contributed by atoms with Crippen LogP contribution in [0.25, 0.3) is 11.3 Å². The fraction of sp³-hybridized carbons (Fsp3) is 0.483. The van der Waals surface area contributed by atoms with Gasteiger partial charge in [0.05, 0.1) is 36.7 Å². The SMILES string of the molecule is CC[C@@H]1CCCN1Cc1sc(NC(=O)c2cnc(N3CCC(C(=O)O)CC3)cn2)nc1-c1cc(OC)cc(C(F)(F)F)c1. The lowest BCUT2D eigenvalue weighted by Gasteiger charge is -2.30. The molecule has 5 rings (SSSR count). The maximum atomic E-state index is 13.7. The molecule has 2 aliphatic heterocycles. The topological polar surface area (TPSA) is 121 Å². The molecular weight excluding hydrogens is 585 g/mol. The van der Waals surface area contributed by atoms with Crippen LogP contribution in [-0.2, 0) is 17.5 Å². The molecule has 0 radical (unpaired) electrons. The van der Waals surface area contributed by atoms with Crippen molar-refractivity contribution in [2.75, 3.05) is 37.0 Å². The molecule has 0 spiro atoms. The number of carbonyl (C=O) groups is 2. The zero-order valence-corrected chi connectivity index (χ0v) is 24.7. The number of alkyl halides is 3. The predicted molar refractivity (Wildman–Crippen MR) is 155 cm³/mol. The molecule has 1 amide bonds. The van der Waals surface area contributed by atoms with Crippen molar-refractivity contribution in [3.05, 3.63) is 46.7 Å². The second-order valence-electron chi connectivity index (χ2n) is 10.7. The highest BCUT2D eigenvalue weighted by atomic mass is 32.1. The number of carbonyl (C=O) groups excluding carboxylic acids is 1. The van der Waals surface area contributed by atoms with E-state index in [1.807, 2.05) is 4.90 Å². The third kappa shape index (κ3) is 7.07. The van der Waals surface area contributed by atoms with Crippen LogP contribution in [0.3, 0.4) is 0 Å². The van der Waals surface area contributed by atoms with E-state index in [0.717, 1.165) is 42.8 Å². The number of aliphatic carboxylic acids is 1. The van der Waals surface area contributed by atoms with E-state index < -0.39 is 23.6 Å². The van der Waals surface area contributed by atoms with Crippen LogP contribution in [0, 0.1) is 5.92 Å². The number of ether oxygens (including phenoxy) is 1. The summed E-state index contributed by atoms with van der Waals surface area (Å²) in [6, 6.07) is 3.89. The van der Waals surface area contributed by atoms with Crippen molar-refractivity contribution < 1.29 is 32.6 Å². The first-order valence-electron chi connectivity index (χ1n) is 14.2. The normalized spacial score (nSPS) is 18.2. The van der Waals surface area contributed by atoms with Gasteiger partial charge in [-0.1, -0.05) is 18.3 Å². The number of nitrogens with one attached hydrogen (secondary N) is 1. The van der Waals surface area contributed by atoms with Crippen molar-refractivity contribution in [3.8, 4) is 17.0 Å². The lowest BCUT2D eigenvalue weighted by atomic mass is 9.97. The summed E-state index contributed by atoms with van der Waals surface area (Å²) >= 11 is 1.22. The van der Waals surface area contributed by atoms with Gasteiger partial charge < -0.3 is 14.7 Å². The summed E-state index contributed by atoms with van der Waals surface area (Å²) in [5, 5.41) is 12.2. The van der Waals surface area contributed by atoms with Gasteiger partial charge in [-0.2, -0.15) is 13.2 Å². The van der Waals surface area contributed by atoms with Gasteiger partial charge in [-0.15, -0.1) is 0 Å². The van der Waals surface area contributed by atoms with Crippen molar-refractivity contribution in [1.29, 1.82) is 0 Å². The van der Waals surface area contributed by atoms with Crippen molar-refractivity contribution in [2.45, 2.75) is 57.8 Å². The first kappa shape index (κ1) is 30.7. The Morgan fingerprint density at radius 3 is 2.51 bits per heavy atom.